The minimum atomic E-state index is -3.49. The van der Waals surface area contributed by atoms with E-state index in [1.165, 1.54) is 31.5 Å². The van der Waals surface area contributed by atoms with E-state index in [1.54, 1.807) is 54.9 Å². The zero-order valence-electron chi connectivity index (χ0n) is 30.0. The van der Waals surface area contributed by atoms with Gasteiger partial charge in [0, 0.05) is 60.1 Å². The van der Waals surface area contributed by atoms with Crippen molar-refractivity contribution < 1.29 is 16.8 Å². The van der Waals surface area contributed by atoms with E-state index in [1.807, 2.05) is 55.4 Å². The Morgan fingerprint density at radius 2 is 1.06 bits per heavy atom. The van der Waals surface area contributed by atoms with Crippen LogP contribution in [0.5, 0.6) is 0 Å². The Kier molecular flexibility index (Phi) is 12.3. The summed E-state index contributed by atoms with van der Waals surface area (Å²) in [6.45, 7) is 15.9. The minimum Gasteiger partial charge on any atom is -0.350 e. The molecule has 0 atom stereocenters. The molecule has 0 bridgehead atoms. The lowest BCUT2D eigenvalue weighted by molar-refractivity contribution is 0.521. The van der Waals surface area contributed by atoms with Crippen molar-refractivity contribution in [1.82, 2.24) is 29.0 Å². The van der Waals surface area contributed by atoms with Gasteiger partial charge in [0.15, 0.2) is 0 Å². The number of rotatable bonds is 10. The predicted octanol–water partition coefficient (Wildman–Crippen LogP) is 5.64. The van der Waals surface area contributed by atoms with Crippen molar-refractivity contribution in [2.75, 3.05) is 42.4 Å². The van der Waals surface area contributed by atoms with Crippen LogP contribution in [-0.4, -0.2) is 73.3 Å². The molecule has 5 N–H and O–H groups in total. The molecule has 2 aromatic carbocycles. The number of benzene rings is 2. The standard InChI is InChI=1S/C17H25N5O2S.C16H23N5O2S/c1-12-11-18-16(21-17(2,3)4)20-15(12)19-13-8-7-9-14(10-13)25(23,24)22(5)6;1-11-10-18-15(21-16(2,3)4)20-14(11)19-12-7-6-8-13(9-12)24(22,23)17-5/h7-11H,1-6H3,(H2,18,19,20,21);6-10,17H,1-5H3,(H2,18,19,20,21). The van der Waals surface area contributed by atoms with Gasteiger partial charge in [-0.1, -0.05) is 12.1 Å². The van der Waals surface area contributed by atoms with Crippen LogP contribution in [0.15, 0.2) is 70.7 Å². The third-order valence-electron chi connectivity index (χ3n) is 6.47. The minimum absolute atomic E-state index is 0.159. The maximum absolute atomic E-state index is 12.3. The molecule has 4 aromatic rings. The molecule has 2 aromatic heterocycles. The van der Waals surface area contributed by atoms with Crippen molar-refractivity contribution >= 4 is 55.0 Å². The Morgan fingerprint density at radius 1 is 0.653 bits per heavy atom. The van der Waals surface area contributed by atoms with Crippen LogP contribution in [-0.2, 0) is 20.0 Å². The van der Waals surface area contributed by atoms with Gasteiger partial charge in [0.25, 0.3) is 0 Å². The molecule has 0 spiro atoms. The molecule has 0 aliphatic heterocycles. The summed E-state index contributed by atoms with van der Waals surface area (Å²) in [5, 5.41) is 12.8. The summed E-state index contributed by atoms with van der Waals surface area (Å²) in [7, 11) is -2.58. The molecule has 2 heterocycles. The third kappa shape index (κ3) is 11.6. The van der Waals surface area contributed by atoms with Gasteiger partial charge < -0.3 is 21.3 Å². The average Bonchev–Trinajstić information content (AvgIpc) is 2.99. The molecule has 0 saturated heterocycles. The Balaban J connectivity index is 0.000000266. The number of aromatic nitrogens is 4. The SMILES string of the molecule is CNS(=O)(=O)c1cccc(Nc2nc(NC(C)(C)C)ncc2C)c1.Cc1cnc(NC(C)(C)C)nc1Nc1cccc(S(=O)(=O)N(C)C)c1. The molecule has 16 heteroatoms. The number of anilines is 6. The van der Waals surface area contributed by atoms with E-state index >= 15 is 0 Å². The first-order valence-corrected chi connectivity index (χ1v) is 18.4. The highest BCUT2D eigenvalue weighted by Crippen LogP contribution is 2.25. The largest absolute Gasteiger partial charge is 0.350 e. The highest BCUT2D eigenvalue weighted by atomic mass is 32.2. The average molecular weight is 713 g/mol. The summed E-state index contributed by atoms with van der Waals surface area (Å²) in [5.74, 6) is 2.27. The summed E-state index contributed by atoms with van der Waals surface area (Å²) < 4.78 is 51.9. The lowest BCUT2D eigenvalue weighted by Gasteiger charge is -2.21. The van der Waals surface area contributed by atoms with Crippen LogP contribution in [0.25, 0.3) is 0 Å². The quantitative estimate of drug-likeness (QED) is 0.137. The summed E-state index contributed by atoms with van der Waals surface area (Å²) in [5.41, 5.74) is 2.68. The van der Waals surface area contributed by atoms with Crippen molar-refractivity contribution in [3.63, 3.8) is 0 Å². The fourth-order valence-corrected chi connectivity index (χ4v) is 5.73. The Labute approximate surface area is 290 Å². The number of nitrogens with zero attached hydrogens (tertiary/aromatic N) is 5. The zero-order valence-corrected chi connectivity index (χ0v) is 31.6. The molecule has 0 fully saturated rings. The first-order chi connectivity index (χ1) is 22.6. The molecule has 266 valence electrons. The van der Waals surface area contributed by atoms with Crippen LogP contribution in [0.1, 0.15) is 52.7 Å². The fourth-order valence-electron chi connectivity index (χ4n) is 4.01. The molecular weight excluding hydrogens is 665 g/mol. The summed E-state index contributed by atoms with van der Waals surface area (Å²) in [6.07, 6.45) is 3.45. The van der Waals surface area contributed by atoms with Crippen molar-refractivity contribution in [3.8, 4) is 0 Å². The normalized spacial score (nSPS) is 12.2. The second kappa shape index (κ2) is 15.4. The van der Waals surface area contributed by atoms with Crippen molar-refractivity contribution in [2.24, 2.45) is 0 Å². The number of sulfonamides is 2. The summed E-state index contributed by atoms with van der Waals surface area (Å²) in [4.78, 5) is 17.9. The number of nitrogens with one attached hydrogen (secondary N) is 5. The van der Waals surface area contributed by atoms with Gasteiger partial charge in [-0.25, -0.2) is 35.8 Å². The Hall–Kier alpha value is -4.38. The van der Waals surface area contributed by atoms with Crippen molar-refractivity contribution in [2.45, 2.75) is 76.3 Å². The maximum Gasteiger partial charge on any atom is 0.242 e. The molecule has 0 saturated carbocycles. The van der Waals surface area contributed by atoms with E-state index in [4.69, 9.17) is 0 Å². The van der Waals surface area contributed by atoms with Crippen LogP contribution < -0.4 is 26.0 Å². The topological polar surface area (TPSA) is 183 Å². The van der Waals surface area contributed by atoms with Crippen LogP contribution in [0.4, 0.5) is 34.9 Å². The summed E-state index contributed by atoms with van der Waals surface area (Å²) in [6, 6.07) is 13.2. The molecule has 0 amide bonds. The van der Waals surface area contributed by atoms with Crippen molar-refractivity contribution in [3.05, 3.63) is 72.1 Å². The highest BCUT2D eigenvalue weighted by molar-refractivity contribution is 7.89. The summed E-state index contributed by atoms with van der Waals surface area (Å²) >= 11 is 0. The Morgan fingerprint density at radius 3 is 1.45 bits per heavy atom. The van der Waals surface area contributed by atoms with E-state index in [-0.39, 0.29) is 20.9 Å². The molecule has 0 unspecified atom stereocenters. The first kappa shape index (κ1) is 39.1. The van der Waals surface area contributed by atoms with E-state index in [9.17, 15) is 16.8 Å². The van der Waals surface area contributed by atoms with Gasteiger partial charge in [-0.2, -0.15) is 9.97 Å². The second-order valence-corrected chi connectivity index (χ2v) is 17.5. The molecule has 0 radical (unpaired) electrons. The number of hydrogen-bond donors (Lipinski definition) is 5. The monoisotopic (exact) mass is 712 g/mol. The van der Waals surface area contributed by atoms with Crippen LogP contribution in [0, 0.1) is 13.8 Å². The predicted molar refractivity (Wildman–Crippen MR) is 197 cm³/mol. The molecule has 0 aliphatic rings. The van der Waals surface area contributed by atoms with E-state index in [0.717, 1.165) is 11.1 Å². The molecule has 0 aliphatic carbocycles. The molecule has 49 heavy (non-hydrogen) atoms. The van der Waals surface area contributed by atoms with Gasteiger partial charge in [0.1, 0.15) is 11.6 Å². The van der Waals surface area contributed by atoms with Crippen molar-refractivity contribution in [1.29, 1.82) is 0 Å². The smallest absolute Gasteiger partial charge is 0.242 e. The van der Waals surface area contributed by atoms with Gasteiger partial charge in [-0.3, -0.25) is 0 Å². The number of aryl methyl sites for hydroxylation is 2. The second-order valence-electron chi connectivity index (χ2n) is 13.5. The van der Waals surface area contributed by atoms with Crippen LogP contribution in [0.2, 0.25) is 0 Å². The highest BCUT2D eigenvalue weighted by Gasteiger charge is 2.18. The van der Waals surface area contributed by atoms with Gasteiger partial charge in [0.05, 0.1) is 9.79 Å². The van der Waals surface area contributed by atoms with E-state index < -0.39 is 20.0 Å². The first-order valence-electron chi connectivity index (χ1n) is 15.4. The fraction of sp³-hybridized carbons (Fsp3) is 0.394. The third-order valence-corrected chi connectivity index (χ3v) is 9.69. The van der Waals surface area contributed by atoms with Gasteiger partial charge >= 0.3 is 0 Å². The van der Waals surface area contributed by atoms with Gasteiger partial charge in [0.2, 0.25) is 31.9 Å². The van der Waals surface area contributed by atoms with E-state index in [0.29, 0.717) is 34.9 Å². The van der Waals surface area contributed by atoms with Crippen LogP contribution >= 0.6 is 0 Å². The molecule has 14 nitrogen and oxygen atoms in total. The van der Waals surface area contributed by atoms with Gasteiger partial charge in [-0.05, 0) is 98.8 Å². The lowest BCUT2D eigenvalue weighted by atomic mass is 10.1. The zero-order chi connectivity index (χ0) is 36.8. The maximum atomic E-state index is 12.3. The molecular formula is C33H48N10O4S2. The molecule has 4 rings (SSSR count). The Bertz CT molecular complexity index is 1970. The number of hydrogen-bond acceptors (Lipinski definition) is 12. The lowest BCUT2D eigenvalue weighted by Crippen LogP contribution is -2.27. The van der Waals surface area contributed by atoms with Gasteiger partial charge in [-0.15, -0.1) is 0 Å². The van der Waals surface area contributed by atoms with Crippen LogP contribution in [0.3, 0.4) is 0 Å². The van der Waals surface area contributed by atoms with E-state index in [2.05, 4.69) is 45.9 Å².